The summed E-state index contributed by atoms with van der Waals surface area (Å²) >= 11 is 0. The fraction of sp³-hybridized carbons (Fsp3) is 1.00. The van der Waals surface area contributed by atoms with E-state index in [0.717, 1.165) is 30.7 Å². The molecule has 3 fully saturated rings. The molecule has 0 aliphatic carbocycles. The average Bonchev–Trinajstić information content (AvgIpc) is 2.82. The summed E-state index contributed by atoms with van der Waals surface area (Å²) in [5, 5.41) is 19.9. The summed E-state index contributed by atoms with van der Waals surface area (Å²) in [6.45, 7) is 3.85. The first-order chi connectivity index (χ1) is 8.38. The Bertz CT molecular complexity index is 255. The molecule has 0 aromatic rings. The molecule has 4 nitrogen and oxygen atoms in total. The minimum atomic E-state index is 0.278. The summed E-state index contributed by atoms with van der Waals surface area (Å²) < 4.78 is 0. The van der Waals surface area contributed by atoms with Crippen molar-refractivity contribution in [2.45, 2.75) is 37.9 Å². The average molecular weight is 239 g/mol. The molecule has 5 unspecified atom stereocenters. The van der Waals surface area contributed by atoms with Gasteiger partial charge in [0, 0.05) is 12.6 Å². The van der Waals surface area contributed by atoms with E-state index in [9.17, 15) is 5.11 Å². The molecule has 17 heavy (non-hydrogen) atoms. The molecular weight excluding hydrogens is 214 g/mol. The highest BCUT2D eigenvalue weighted by atomic mass is 16.3. The van der Waals surface area contributed by atoms with Crippen LogP contribution in [0.25, 0.3) is 0 Å². The molecule has 4 heteroatoms. The van der Waals surface area contributed by atoms with E-state index in [1.165, 1.54) is 32.4 Å². The fourth-order valence-corrected chi connectivity index (χ4v) is 4.01. The fourth-order valence-electron chi connectivity index (χ4n) is 4.01. The molecule has 0 aromatic carbocycles. The molecule has 0 saturated carbocycles. The van der Waals surface area contributed by atoms with Gasteiger partial charge in [-0.3, -0.25) is 5.32 Å². The number of nitrogens with one attached hydrogen (secondary N) is 3. The van der Waals surface area contributed by atoms with Crippen molar-refractivity contribution < 1.29 is 5.11 Å². The Morgan fingerprint density at radius 1 is 1.06 bits per heavy atom. The van der Waals surface area contributed by atoms with E-state index in [1.807, 2.05) is 0 Å². The van der Waals surface area contributed by atoms with Crippen LogP contribution in [-0.4, -0.2) is 43.6 Å². The molecule has 3 aliphatic heterocycles. The van der Waals surface area contributed by atoms with Crippen LogP contribution >= 0.6 is 0 Å². The Morgan fingerprint density at radius 2 is 2.00 bits per heavy atom. The number of piperidine rings is 2. The monoisotopic (exact) mass is 239 g/mol. The second kappa shape index (κ2) is 5.22. The summed E-state index contributed by atoms with van der Waals surface area (Å²) in [6.07, 6.45) is 5.59. The Morgan fingerprint density at radius 3 is 2.76 bits per heavy atom. The van der Waals surface area contributed by atoms with Gasteiger partial charge in [-0.05, 0) is 56.5 Å². The molecule has 0 amide bonds. The van der Waals surface area contributed by atoms with Crippen molar-refractivity contribution in [2.75, 3.05) is 26.2 Å². The minimum Gasteiger partial charge on any atom is -0.395 e. The molecule has 0 spiro atoms. The lowest BCUT2D eigenvalue weighted by molar-refractivity contribution is 0.131. The quantitative estimate of drug-likeness (QED) is 0.543. The van der Waals surface area contributed by atoms with Crippen LogP contribution in [0.1, 0.15) is 25.7 Å². The lowest BCUT2D eigenvalue weighted by Gasteiger charge is -2.37. The third-order valence-corrected chi connectivity index (χ3v) is 4.98. The van der Waals surface area contributed by atoms with Crippen molar-refractivity contribution in [3.05, 3.63) is 0 Å². The Kier molecular flexibility index (Phi) is 3.66. The molecule has 4 N–H and O–H groups in total. The first-order valence-corrected chi connectivity index (χ1v) is 7.19. The summed E-state index contributed by atoms with van der Waals surface area (Å²) in [4.78, 5) is 0. The van der Waals surface area contributed by atoms with Crippen LogP contribution in [0.5, 0.6) is 0 Å². The van der Waals surface area contributed by atoms with E-state index in [4.69, 9.17) is 0 Å². The zero-order valence-corrected chi connectivity index (χ0v) is 10.5. The van der Waals surface area contributed by atoms with Crippen LogP contribution in [0.4, 0.5) is 0 Å². The number of hydrogen-bond donors (Lipinski definition) is 4. The van der Waals surface area contributed by atoms with E-state index >= 15 is 0 Å². The highest BCUT2D eigenvalue weighted by Crippen LogP contribution is 2.37. The van der Waals surface area contributed by atoms with Crippen LogP contribution in [-0.2, 0) is 0 Å². The highest BCUT2D eigenvalue weighted by Gasteiger charge is 2.42. The van der Waals surface area contributed by atoms with Gasteiger partial charge in [0.2, 0.25) is 0 Å². The first-order valence-electron chi connectivity index (χ1n) is 7.19. The van der Waals surface area contributed by atoms with E-state index in [2.05, 4.69) is 16.0 Å². The first kappa shape index (κ1) is 11.9. The smallest absolute Gasteiger partial charge is 0.0607 e. The number of aliphatic hydroxyl groups is 1. The maximum Gasteiger partial charge on any atom is 0.0607 e. The van der Waals surface area contributed by atoms with Gasteiger partial charge in [0.1, 0.15) is 0 Å². The molecule has 3 heterocycles. The van der Waals surface area contributed by atoms with Gasteiger partial charge in [-0.1, -0.05) is 0 Å². The summed E-state index contributed by atoms with van der Waals surface area (Å²) in [7, 11) is 0. The van der Waals surface area contributed by atoms with Gasteiger partial charge < -0.3 is 15.7 Å². The maximum atomic E-state index is 9.23. The van der Waals surface area contributed by atoms with Gasteiger partial charge in [-0.25, -0.2) is 0 Å². The number of aliphatic hydroxyl groups excluding tert-OH is 1. The molecule has 98 valence electrons. The van der Waals surface area contributed by atoms with Gasteiger partial charge in [-0.2, -0.15) is 0 Å². The Labute approximate surface area is 104 Å². The molecule has 0 bridgehead atoms. The molecule has 0 radical (unpaired) electrons. The molecule has 3 aliphatic rings. The van der Waals surface area contributed by atoms with Gasteiger partial charge >= 0.3 is 0 Å². The predicted molar refractivity (Wildman–Crippen MR) is 67.6 cm³/mol. The second-order valence-electron chi connectivity index (χ2n) is 5.94. The number of fused-ring (bicyclic) bond motifs is 1. The van der Waals surface area contributed by atoms with Crippen LogP contribution in [0.3, 0.4) is 0 Å². The van der Waals surface area contributed by atoms with E-state index < -0.39 is 0 Å². The summed E-state index contributed by atoms with van der Waals surface area (Å²) in [5.41, 5.74) is 0. The molecule has 3 rings (SSSR count). The van der Waals surface area contributed by atoms with Crippen LogP contribution in [0, 0.1) is 17.8 Å². The van der Waals surface area contributed by atoms with Crippen LogP contribution in [0.15, 0.2) is 0 Å². The largest absolute Gasteiger partial charge is 0.395 e. The van der Waals surface area contributed by atoms with Crippen LogP contribution in [0.2, 0.25) is 0 Å². The second-order valence-corrected chi connectivity index (χ2v) is 5.94. The predicted octanol–water partition coefficient (Wildman–Crippen LogP) is -0.108. The Hall–Kier alpha value is -0.160. The van der Waals surface area contributed by atoms with Crippen LogP contribution < -0.4 is 16.0 Å². The number of hydrogen-bond acceptors (Lipinski definition) is 4. The van der Waals surface area contributed by atoms with Crippen molar-refractivity contribution >= 4 is 0 Å². The van der Waals surface area contributed by atoms with Crippen molar-refractivity contribution in [1.82, 2.24) is 16.0 Å². The van der Waals surface area contributed by atoms with Crippen molar-refractivity contribution in [3.63, 3.8) is 0 Å². The lowest BCUT2D eigenvalue weighted by atomic mass is 9.75. The van der Waals surface area contributed by atoms with Gasteiger partial charge in [0.25, 0.3) is 0 Å². The van der Waals surface area contributed by atoms with Gasteiger partial charge in [0.15, 0.2) is 0 Å². The standard InChI is InChI=1S/C13H25N3O/c17-8-10-3-4-11-12(7-15-13(11)16-10)9-2-1-5-14-6-9/h9-17H,1-8H2. The van der Waals surface area contributed by atoms with E-state index in [0.29, 0.717) is 12.2 Å². The minimum absolute atomic E-state index is 0.278. The van der Waals surface area contributed by atoms with Gasteiger partial charge in [0.05, 0.1) is 12.8 Å². The molecular formula is C13H25N3O. The zero-order valence-electron chi connectivity index (χ0n) is 10.5. The third kappa shape index (κ3) is 2.36. The highest BCUT2D eigenvalue weighted by molar-refractivity contribution is 4.97. The maximum absolute atomic E-state index is 9.23. The van der Waals surface area contributed by atoms with Crippen molar-refractivity contribution in [1.29, 1.82) is 0 Å². The van der Waals surface area contributed by atoms with Gasteiger partial charge in [-0.15, -0.1) is 0 Å². The number of rotatable bonds is 2. The summed E-state index contributed by atoms with van der Waals surface area (Å²) in [5.74, 6) is 2.47. The molecule has 3 saturated heterocycles. The van der Waals surface area contributed by atoms with Crippen molar-refractivity contribution in [2.24, 2.45) is 17.8 Å². The SMILES string of the molecule is OCC1CCC2C(NCC2C2CCCNC2)N1. The van der Waals surface area contributed by atoms with E-state index in [-0.39, 0.29) is 6.61 Å². The topological polar surface area (TPSA) is 56.3 Å². The summed E-state index contributed by atoms with van der Waals surface area (Å²) in [6, 6.07) is 0.312. The van der Waals surface area contributed by atoms with Crippen molar-refractivity contribution in [3.8, 4) is 0 Å². The molecule has 0 aromatic heterocycles. The Balaban J connectivity index is 1.61. The third-order valence-electron chi connectivity index (χ3n) is 4.98. The lowest BCUT2D eigenvalue weighted by Crippen LogP contribution is -2.53. The normalized spacial score (nSPS) is 46.8. The zero-order chi connectivity index (χ0) is 11.7. The molecule has 5 atom stereocenters. The van der Waals surface area contributed by atoms with E-state index in [1.54, 1.807) is 0 Å².